The van der Waals surface area contributed by atoms with E-state index in [0.717, 1.165) is 0 Å². The summed E-state index contributed by atoms with van der Waals surface area (Å²) in [7, 11) is 0. The highest BCUT2D eigenvalue weighted by molar-refractivity contribution is 5.36. The first-order valence-corrected chi connectivity index (χ1v) is 4.55. The van der Waals surface area contributed by atoms with E-state index in [1.54, 1.807) is 11.1 Å². The highest BCUT2D eigenvalue weighted by Gasteiger charge is 2.26. The van der Waals surface area contributed by atoms with E-state index in [1.807, 2.05) is 0 Å². The molecule has 0 unspecified atom stereocenters. The summed E-state index contributed by atoms with van der Waals surface area (Å²) < 4.78 is 0. The molecule has 11 heavy (non-hydrogen) atoms. The molecule has 0 N–H and O–H groups in total. The van der Waals surface area contributed by atoms with Crippen molar-refractivity contribution in [2.45, 2.75) is 39.5 Å². The van der Waals surface area contributed by atoms with E-state index in [2.05, 4.69) is 26.0 Å². The summed E-state index contributed by atoms with van der Waals surface area (Å²) in [4.78, 5) is 0. The van der Waals surface area contributed by atoms with Crippen LogP contribution in [0.3, 0.4) is 0 Å². The number of hydrogen-bond donors (Lipinski definition) is 0. The van der Waals surface area contributed by atoms with Gasteiger partial charge in [-0.15, -0.1) is 0 Å². The first-order valence-electron chi connectivity index (χ1n) is 4.55. The SMILES string of the molecule is CC1(C)CCC2=C(CC=C2)C1. The summed E-state index contributed by atoms with van der Waals surface area (Å²) in [5.41, 5.74) is 3.93. The minimum Gasteiger partial charge on any atom is -0.0802 e. The van der Waals surface area contributed by atoms with Crippen molar-refractivity contribution in [3.8, 4) is 0 Å². The third-order valence-electron chi connectivity index (χ3n) is 2.90. The fraction of sp³-hybridized carbons (Fsp3) is 0.636. The van der Waals surface area contributed by atoms with Gasteiger partial charge in [-0.2, -0.15) is 0 Å². The van der Waals surface area contributed by atoms with E-state index in [4.69, 9.17) is 0 Å². The average Bonchev–Trinajstić information content (AvgIpc) is 2.31. The zero-order valence-electron chi connectivity index (χ0n) is 7.48. The van der Waals surface area contributed by atoms with Crippen LogP contribution in [-0.2, 0) is 0 Å². The molecule has 2 rings (SSSR count). The Hall–Kier alpha value is -0.520. The molecule has 0 aliphatic heterocycles. The number of hydrogen-bond acceptors (Lipinski definition) is 0. The van der Waals surface area contributed by atoms with Crippen molar-refractivity contribution < 1.29 is 0 Å². The van der Waals surface area contributed by atoms with Crippen LogP contribution in [0.25, 0.3) is 0 Å². The lowest BCUT2D eigenvalue weighted by molar-refractivity contribution is 0.315. The summed E-state index contributed by atoms with van der Waals surface area (Å²) in [5.74, 6) is 0. The summed E-state index contributed by atoms with van der Waals surface area (Å²) in [6, 6.07) is 0. The predicted molar refractivity (Wildman–Crippen MR) is 48.4 cm³/mol. The molecule has 0 atom stereocenters. The Balaban J connectivity index is 2.21. The lowest BCUT2D eigenvalue weighted by atomic mass is 9.75. The molecule has 0 amide bonds. The van der Waals surface area contributed by atoms with Crippen LogP contribution in [0.4, 0.5) is 0 Å². The fourth-order valence-corrected chi connectivity index (χ4v) is 2.18. The molecule has 0 spiro atoms. The van der Waals surface area contributed by atoms with Gasteiger partial charge in [0.05, 0.1) is 0 Å². The predicted octanol–water partition coefficient (Wildman–Crippen LogP) is 3.45. The van der Waals surface area contributed by atoms with Crippen molar-refractivity contribution in [3.05, 3.63) is 23.3 Å². The summed E-state index contributed by atoms with van der Waals surface area (Å²) in [6.45, 7) is 4.77. The zero-order valence-corrected chi connectivity index (χ0v) is 7.48. The summed E-state index contributed by atoms with van der Waals surface area (Å²) in [5, 5.41) is 0. The second-order valence-electron chi connectivity index (χ2n) is 4.58. The van der Waals surface area contributed by atoms with Crippen molar-refractivity contribution >= 4 is 0 Å². The summed E-state index contributed by atoms with van der Waals surface area (Å²) in [6.07, 6.45) is 9.89. The lowest BCUT2D eigenvalue weighted by Gasteiger charge is -2.30. The quantitative estimate of drug-likeness (QED) is 0.493. The first-order chi connectivity index (χ1) is 5.17. The van der Waals surface area contributed by atoms with Crippen molar-refractivity contribution in [1.29, 1.82) is 0 Å². The van der Waals surface area contributed by atoms with E-state index < -0.39 is 0 Å². The standard InChI is InChI=1S/C11H16/c1-11(2)7-6-9-4-3-5-10(9)8-11/h3-4H,5-8H2,1-2H3. The van der Waals surface area contributed by atoms with E-state index in [-0.39, 0.29) is 0 Å². The molecule has 2 aliphatic rings. The van der Waals surface area contributed by atoms with Gasteiger partial charge in [0.1, 0.15) is 0 Å². The molecule has 0 aromatic heterocycles. The van der Waals surface area contributed by atoms with Gasteiger partial charge < -0.3 is 0 Å². The van der Waals surface area contributed by atoms with Crippen LogP contribution in [-0.4, -0.2) is 0 Å². The van der Waals surface area contributed by atoms with Crippen molar-refractivity contribution in [2.24, 2.45) is 5.41 Å². The molecule has 0 aromatic carbocycles. The number of allylic oxidation sites excluding steroid dienone is 4. The molecule has 60 valence electrons. The highest BCUT2D eigenvalue weighted by Crippen LogP contribution is 2.42. The smallest absolute Gasteiger partial charge is 0.0130 e. The maximum absolute atomic E-state index is 2.38. The van der Waals surface area contributed by atoms with Crippen LogP contribution in [0, 0.1) is 5.41 Å². The van der Waals surface area contributed by atoms with Gasteiger partial charge in [0.15, 0.2) is 0 Å². The minimum atomic E-state index is 0.574. The second-order valence-corrected chi connectivity index (χ2v) is 4.58. The van der Waals surface area contributed by atoms with E-state index in [0.29, 0.717) is 5.41 Å². The molecule has 0 heteroatoms. The Labute approximate surface area is 69.0 Å². The fourth-order valence-electron chi connectivity index (χ4n) is 2.18. The highest BCUT2D eigenvalue weighted by atomic mass is 14.3. The van der Waals surface area contributed by atoms with Crippen LogP contribution < -0.4 is 0 Å². The monoisotopic (exact) mass is 148 g/mol. The normalized spacial score (nSPS) is 27.5. The Morgan fingerprint density at radius 1 is 1.36 bits per heavy atom. The molecular weight excluding hydrogens is 132 g/mol. The number of rotatable bonds is 0. The van der Waals surface area contributed by atoms with Gasteiger partial charge in [0.25, 0.3) is 0 Å². The molecular formula is C11H16. The lowest BCUT2D eigenvalue weighted by Crippen LogP contribution is -2.16. The van der Waals surface area contributed by atoms with Crippen molar-refractivity contribution in [1.82, 2.24) is 0 Å². The minimum absolute atomic E-state index is 0.574. The van der Waals surface area contributed by atoms with Crippen LogP contribution in [0.1, 0.15) is 39.5 Å². The van der Waals surface area contributed by atoms with E-state index in [9.17, 15) is 0 Å². The Kier molecular flexibility index (Phi) is 1.45. The van der Waals surface area contributed by atoms with Gasteiger partial charge in [-0.1, -0.05) is 31.6 Å². The molecule has 0 saturated carbocycles. The van der Waals surface area contributed by atoms with Crippen LogP contribution in [0.15, 0.2) is 23.3 Å². The molecule has 0 fully saturated rings. The Morgan fingerprint density at radius 3 is 3.00 bits per heavy atom. The van der Waals surface area contributed by atoms with Gasteiger partial charge in [-0.05, 0) is 36.7 Å². The molecule has 0 radical (unpaired) electrons. The zero-order chi connectivity index (χ0) is 7.90. The van der Waals surface area contributed by atoms with Crippen LogP contribution >= 0.6 is 0 Å². The maximum atomic E-state index is 2.38. The van der Waals surface area contributed by atoms with Gasteiger partial charge in [0, 0.05) is 0 Å². The van der Waals surface area contributed by atoms with Gasteiger partial charge in [-0.3, -0.25) is 0 Å². The maximum Gasteiger partial charge on any atom is -0.0130 e. The first kappa shape index (κ1) is 7.15. The molecule has 0 bridgehead atoms. The van der Waals surface area contributed by atoms with Crippen LogP contribution in [0.2, 0.25) is 0 Å². The molecule has 0 heterocycles. The topological polar surface area (TPSA) is 0 Å². The third-order valence-corrected chi connectivity index (χ3v) is 2.90. The largest absolute Gasteiger partial charge is 0.0802 e. The molecule has 2 aliphatic carbocycles. The summed E-state index contributed by atoms with van der Waals surface area (Å²) >= 11 is 0. The van der Waals surface area contributed by atoms with Gasteiger partial charge in [-0.25, -0.2) is 0 Å². The average molecular weight is 148 g/mol. The van der Waals surface area contributed by atoms with Crippen molar-refractivity contribution in [2.75, 3.05) is 0 Å². The Morgan fingerprint density at radius 2 is 2.18 bits per heavy atom. The Bertz CT molecular complexity index is 228. The van der Waals surface area contributed by atoms with Crippen molar-refractivity contribution in [3.63, 3.8) is 0 Å². The van der Waals surface area contributed by atoms with E-state index >= 15 is 0 Å². The van der Waals surface area contributed by atoms with Gasteiger partial charge in [0.2, 0.25) is 0 Å². The third kappa shape index (κ3) is 1.26. The molecule has 0 aromatic rings. The van der Waals surface area contributed by atoms with Crippen LogP contribution in [0.5, 0.6) is 0 Å². The van der Waals surface area contributed by atoms with E-state index in [1.165, 1.54) is 25.7 Å². The van der Waals surface area contributed by atoms with Gasteiger partial charge >= 0.3 is 0 Å². The molecule has 0 nitrogen and oxygen atoms in total. The molecule has 0 saturated heterocycles. The second kappa shape index (κ2) is 2.23.